The zero-order valence-corrected chi connectivity index (χ0v) is 20.2. The maximum Gasteiger partial charge on any atom is 0.184 e. The zero-order chi connectivity index (χ0) is 25.1. The topological polar surface area (TPSA) is 120 Å². The van der Waals surface area contributed by atoms with Crippen molar-refractivity contribution >= 4 is 34.2 Å². The molecule has 0 unspecified atom stereocenters. The number of nitrogens with zero attached hydrogens (tertiary/aromatic N) is 8. The van der Waals surface area contributed by atoms with Gasteiger partial charge >= 0.3 is 0 Å². The van der Waals surface area contributed by atoms with Crippen molar-refractivity contribution < 1.29 is 9.18 Å². The summed E-state index contributed by atoms with van der Waals surface area (Å²) >= 11 is 0. The number of amidine groups is 1. The fourth-order valence-corrected chi connectivity index (χ4v) is 4.93. The van der Waals surface area contributed by atoms with Crippen LogP contribution in [0.25, 0.3) is 22.3 Å². The Morgan fingerprint density at radius 2 is 1.89 bits per heavy atom. The lowest BCUT2D eigenvalue weighted by Gasteiger charge is -2.24. The first kappa shape index (κ1) is 22.1. The largest absolute Gasteiger partial charge is 0.383 e. The fraction of sp³-hybridized carbons (Fsp3) is 0.385. The fourth-order valence-electron chi connectivity index (χ4n) is 4.93. The number of nitrogens with two attached hydrogens (primary N) is 1. The van der Waals surface area contributed by atoms with Gasteiger partial charge in [-0.15, -0.1) is 0 Å². The second-order valence-corrected chi connectivity index (χ2v) is 10.3. The Labute approximate surface area is 212 Å². The Morgan fingerprint density at radius 3 is 2.70 bits per heavy atom. The number of carbonyl (C=O) groups is 1. The number of fused-ring (bicyclic) bond motifs is 2. The molecular formula is C26H26FN9O. The molecule has 188 valence electrons. The molecule has 0 amide bonds. The first-order valence-electron chi connectivity index (χ1n) is 12.7. The van der Waals surface area contributed by atoms with E-state index in [4.69, 9.17) is 15.8 Å². The molecule has 11 heteroatoms. The summed E-state index contributed by atoms with van der Waals surface area (Å²) in [7, 11) is 0. The standard InChI is InChI=1S/C26H26FN9O/c27-18-5-6-20-19(7-18)21(37)12-34(9-15-1-2-15)22(32-20)13-36-26-23(25(28)29-14-30-26)24(33-36)17-8-31-35(11-17)10-16-3-4-16/h5-8,11,14-16H,1-4,9-10,12-13H2,(H2,28,29,30). The van der Waals surface area contributed by atoms with Gasteiger partial charge in [-0.1, -0.05) is 0 Å². The molecule has 0 radical (unpaired) electrons. The Morgan fingerprint density at radius 1 is 1.08 bits per heavy atom. The summed E-state index contributed by atoms with van der Waals surface area (Å²) in [5.41, 5.74) is 9.17. The summed E-state index contributed by atoms with van der Waals surface area (Å²) in [4.78, 5) is 28.6. The maximum atomic E-state index is 14.0. The Hall–Kier alpha value is -4.15. The SMILES string of the molecule is Nc1ncnc2c1c(-c1cnn(CC3CC3)c1)nn2CC1=Nc2ccc(F)cc2C(=O)CN1CC1CC1. The van der Waals surface area contributed by atoms with Crippen LogP contribution in [0, 0.1) is 17.7 Å². The van der Waals surface area contributed by atoms with Crippen molar-refractivity contribution in [3.05, 3.63) is 48.3 Å². The van der Waals surface area contributed by atoms with Crippen LogP contribution in [-0.4, -0.2) is 59.1 Å². The number of benzene rings is 1. The lowest BCUT2D eigenvalue weighted by atomic mass is 10.1. The summed E-state index contributed by atoms with van der Waals surface area (Å²) < 4.78 is 17.7. The third-order valence-electron chi connectivity index (χ3n) is 7.28. The minimum absolute atomic E-state index is 0.142. The predicted molar refractivity (Wildman–Crippen MR) is 136 cm³/mol. The first-order chi connectivity index (χ1) is 18.0. The van der Waals surface area contributed by atoms with Crippen LogP contribution in [0.4, 0.5) is 15.9 Å². The number of aliphatic imine (C=N–C) groups is 1. The van der Waals surface area contributed by atoms with E-state index in [9.17, 15) is 9.18 Å². The Kier molecular flexibility index (Phi) is 5.05. The van der Waals surface area contributed by atoms with Gasteiger partial charge in [0.15, 0.2) is 11.4 Å². The van der Waals surface area contributed by atoms with Crippen LogP contribution < -0.4 is 5.73 Å². The lowest BCUT2D eigenvalue weighted by molar-refractivity contribution is 0.0963. The van der Waals surface area contributed by atoms with Crippen molar-refractivity contribution in [1.29, 1.82) is 0 Å². The van der Waals surface area contributed by atoms with E-state index < -0.39 is 5.82 Å². The average molecular weight is 500 g/mol. The third-order valence-corrected chi connectivity index (χ3v) is 7.28. The van der Waals surface area contributed by atoms with Gasteiger partial charge in [-0.05, 0) is 55.7 Å². The minimum Gasteiger partial charge on any atom is -0.383 e. The Balaban J connectivity index is 1.30. The summed E-state index contributed by atoms with van der Waals surface area (Å²) in [6.07, 6.45) is 9.95. The van der Waals surface area contributed by atoms with E-state index in [0.717, 1.165) is 31.5 Å². The second kappa shape index (κ2) is 8.46. The molecule has 4 heterocycles. The highest BCUT2D eigenvalue weighted by Crippen LogP contribution is 2.34. The smallest absolute Gasteiger partial charge is 0.184 e. The molecule has 7 rings (SSSR count). The van der Waals surface area contributed by atoms with Crippen molar-refractivity contribution in [3.63, 3.8) is 0 Å². The molecule has 3 aliphatic rings. The molecule has 10 nitrogen and oxygen atoms in total. The highest BCUT2D eigenvalue weighted by Gasteiger charge is 2.31. The molecule has 2 saturated carbocycles. The summed E-state index contributed by atoms with van der Waals surface area (Å²) in [5, 5.41) is 10.1. The number of aromatic nitrogens is 6. The van der Waals surface area contributed by atoms with Gasteiger partial charge in [-0.25, -0.2) is 24.0 Å². The van der Waals surface area contributed by atoms with Crippen LogP contribution in [0.3, 0.4) is 0 Å². The van der Waals surface area contributed by atoms with Gasteiger partial charge < -0.3 is 10.6 Å². The maximum absolute atomic E-state index is 14.0. The van der Waals surface area contributed by atoms with E-state index in [2.05, 4.69) is 15.1 Å². The van der Waals surface area contributed by atoms with Crippen LogP contribution in [0.2, 0.25) is 0 Å². The number of hydrogen-bond acceptors (Lipinski definition) is 8. The molecule has 2 fully saturated rings. The zero-order valence-electron chi connectivity index (χ0n) is 20.2. The molecule has 1 aromatic carbocycles. The molecule has 0 atom stereocenters. The first-order valence-corrected chi connectivity index (χ1v) is 12.7. The van der Waals surface area contributed by atoms with Crippen LogP contribution in [0.5, 0.6) is 0 Å². The number of hydrogen-bond donors (Lipinski definition) is 1. The highest BCUT2D eigenvalue weighted by atomic mass is 19.1. The molecule has 37 heavy (non-hydrogen) atoms. The van der Waals surface area contributed by atoms with Crippen LogP contribution in [0.15, 0.2) is 41.9 Å². The number of nitrogen functional groups attached to an aromatic ring is 1. The molecule has 0 saturated heterocycles. The van der Waals surface area contributed by atoms with Gasteiger partial charge in [0.25, 0.3) is 0 Å². The minimum atomic E-state index is -0.448. The van der Waals surface area contributed by atoms with E-state index in [-0.39, 0.29) is 18.9 Å². The number of carbonyl (C=O) groups excluding carboxylic acids is 1. The lowest BCUT2D eigenvalue weighted by Crippen LogP contribution is -2.38. The molecule has 1 aliphatic heterocycles. The average Bonchev–Trinajstić information content (AvgIpc) is 3.79. The number of halogens is 1. The van der Waals surface area contributed by atoms with Crippen molar-refractivity contribution in [1.82, 2.24) is 34.4 Å². The van der Waals surface area contributed by atoms with Crippen LogP contribution in [0.1, 0.15) is 36.0 Å². The van der Waals surface area contributed by atoms with Crippen molar-refractivity contribution in [2.24, 2.45) is 16.8 Å². The predicted octanol–water partition coefficient (Wildman–Crippen LogP) is 3.46. The second-order valence-electron chi connectivity index (χ2n) is 10.3. The van der Waals surface area contributed by atoms with Crippen LogP contribution in [-0.2, 0) is 13.1 Å². The summed E-state index contributed by atoms with van der Waals surface area (Å²) in [6, 6.07) is 4.16. The van der Waals surface area contributed by atoms with Gasteiger partial charge in [0.2, 0.25) is 0 Å². The molecule has 0 spiro atoms. The van der Waals surface area contributed by atoms with E-state index in [1.807, 2.05) is 15.8 Å². The Bertz CT molecular complexity index is 1560. The molecule has 0 bridgehead atoms. The number of ketones is 1. The van der Waals surface area contributed by atoms with Gasteiger partial charge in [-0.2, -0.15) is 10.2 Å². The van der Waals surface area contributed by atoms with E-state index in [0.29, 0.717) is 51.5 Å². The number of rotatable bonds is 7. The molecule has 3 aromatic heterocycles. The third kappa shape index (κ3) is 4.24. The molecule has 4 aromatic rings. The number of anilines is 1. The van der Waals surface area contributed by atoms with E-state index in [1.54, 1.807) is 16.9 Å². The summed E-state index contributed by atoms with van der Waals surface area (Å²) in [6.45, 7) is 2.03. The van der Waals surface area contributed by atoms with E-state index >= 15 is 0 Å². The van der Waals surface area contributed by atoms with Crippen molar-refractivity contribution in [2.45, 2.75) is 38.8 Å². The van der Waals surface area contributed by atoms with Crippen molar-refractivity contribution in [2.75, 3.05) is 18.8 Å². The molecule has 2 N–H and O–H groups in total. The van der Waals surface area contributed by atoms with Crippen molar-refractivity contribution in [3.8, 4) is 11.3 Å². The van der Waals surface area contributed by atoms with Gasteiger partial charge in [0.05, 0.1) is 23.8 Å². The monoisotopic (exact) mass is 499 g/mol. The van der Waals surface area contributed by atoms with Gasteiger partial charge in [-0.3, -0.25) is 9.48 Å². The quantitative estimate of drug-likeness (QED) is 0.413. The molecule has 2 aliphatic carbocycles. The highest BCUT2D eigenvalue weighted by molar-refractivity contribution is 6.06. The number of Topliss-reactive ketones (excluding diaryl/α,β-unsaturated/α-hetero) is 1. The van der Waals surface area contributed by atoms with Crippen LogP contribution >= 0.6 is 0 Å². The van der Waals surface area contributed by atoms with E-state index in [1.165, 1.54) is 31.3 Å². The van der Waals surface area contributed by atoms with Gasteiger partial charge in [0.1, 0.15) is 36.0 Å². The van der Waals surface area contributed by atoms with Gasteiger partial charge in [0, 0.05) is 30.4 Å². The molecular weight excluding hydrogens is 473 g/mol. The summed E-state index contributed by atoms with van der Waals surface area (Å²) in [5.74, 6) is 1.65. The normalized spacial score (nSPS) is 17.7.